The highest BCUT2D eigenvalue weighted by Gasteiger charge is 2.28. The normalized spacial score (nSPS) is 15.5. The first-order valence-corrected chi connectivity index (χ1v) is 11.4. The quantitative estimate of drug-likeness (QED) is 0.566. The van der Waals surface area contributed by atoms with Gasteiger partial charge < -0.3 is 15.0 Å². The fourth-order valence-corrected chi connectivity index (χ4v) is 4.46. The van der Waals surface area contributed by atoms with Crippen LogP contribution in [-0.2, 0) is 19.6 Å². The van der Waals surface area contributed by atoms with E-state index in [0.717, 1.165) is 17.6 Å². The molecule has 0 aliphatic carbocycles. The lowest BCUT2D eigenvalue weighted by Crippen LogP contribution is -2.50. The second-order valence-corrected chi connectivity index (χ2v) is 9.55. The summed E-state index contributed by atoms with van der Waals surface area (Å²) in [6.45, 7) is 7.06. The lowest BCUT2D eigenvalue weighted by molar-refractivity contribution is -0.132. The predicted molar refractivity (Wildman–Crippen MR) is 108 cm³/mol. The van der Waals surface area contributed by atoms with Gasteiger partial charge in [-0.3, -0.25) is 4.79 Å². The third kappa shape index (κ3) is 6.83. The highest BCUT2D eigenvalue weighted by atomic mass is 79.9. The Morgan fingerprint density at radius 3 is 2.48 bits per heavy atom. The van der Waals surface area contributed by atoms with Gasteiger partial charge in [0, 0.05) is 43.8 Å². The Labute approximate surface area is 170 Å². The Bertz CT molecular complexity index is 704. The molecule has 1 aliphatic heterocycles. The summed E-state index contributed by atoms with van der Waals surface area (Å²) < 4.78 is 33.7. The van der Waals surface area contributed by atoms with Gasteiger partial charge in [-0.05, 0) is 44.5 Å². The molecule has 2 rings (SSSR count). The molecule has 0 bridgehead atoms. The smallest absolute Gasteiger partial charge is 0.243 e. The average Bonchev–Trinajstić information content (AvgIpc) is 2.64. The molecule has 1 heterocycles. The van der Waals surface area contributed by atoms with Crippen LogP contribution in [0.2, 0.25) is 0 Å². The minimum Gasteiger partial charge on any atom is -0.379 e. The van der Waals surface area contributed by atoms with Gasteiger partial charge in [-0.2, -0.15) is 4.31 Å². The number of carbonyl (C=O) groups excluding carboxylic acids is 1. The topological polar surface area (TPSA) is 79.0 Å². The zero-order chi connectivity index (χ0) is 19.9. The Balaban J connectivity index is 2.12. The molecular formula is C18H28BrN3O4S. The van der Waals surface area contributed by atoms with E-state index in [1.54, 1.807) is 29.2 Å². The van der Waals surface area contributed by atoms with Gasteiger partial charge in [0.2, 0.25) is 15.9 Å². The van der Waals surface area contributed by atoms with Crippen LogP contribution in [0.3, 0.4) is 0 Å². The molecule has 1 aliphatic rings. The summed E-state index contributed by atoms with van der Waals surface area (Å²) in [5, 5.41) is 3.19. The van der Waals surface area contributed by atoms with E-state index in [1.807, 2.05) is 13.8 Å². The lowest BCUT2D eigenvalue weighted by atomic mass is 10.3. The van der Waals surface area contributed by atoms with Crippen molar-refractivity contribution in [3.05, 3.63) is 28.7 Å². The van der Waals surface area contributed by atoms with Crippen LogP contribution in [0.1, 0.15) is 20.3 Å². The maximum Gasteiger partial charge on any atom is 0.243 e. The van der Waals surface area contributed by atoms with Gasteiger partial charge in [0.1, 0.15) is 0 Å². The Morgan fingerprint density at radius 2 is 1.89 bits per heavy atom. The van der Waals surface area contributed by atoms with Crippen molar-refractivity contribution in [2.24, 2.45) is 0 Å². The van der Waals surface area contributed by atoms with E-state index in [0.29, 0.717) is 26.1 Å². The summed E-state index contributed by atoms with van der Waals surface area (Å²) in [5.74, 6) is -0.165. The van der Waals surface area contributed by atoms with Crippen molar-refractivity contribution in [2.75, 3.05) is 45.9 Å². The number of hydrogen-bond donors (Lipinski definition) is 1. The molecule has 0 atom stereocenters. The molecule has 1 N–H and O–H groups in total. The molecule has 1 saturated heterocycles. The van der Waals surface area contributed by atoms with Crippen LogP contribution in [0.5, 0.6) is 0 Å². The number of rotatable bonds is 9. The van der Waals surface area contributed by atoms with Crippen molar-refractivity contribution in [1.29, 1.82) is 0 Å². The third-order valence-electron chi connectivity index (χ3n) is 4.24. The van der Waals surface area contributed by atoms with E-state index in [9.17, 15) is 13.2 Å². The van der Waals surface area contributed by atoms with E-state index < -0.39 is 10.0 Å². The number of nitrogens with zero attached hydrogens (tertiary/aromatic N) is 2. The van der Waals surface area contributed by atoms with Gasteiger partial charge >= 0.3 is 0 Å². The standard InChI is InChI=1S/C18H28BrN3O4S/c1-15(2)26-13-3-10-22(14-18(23)21-11-8-20-9-12-21)27(24,25)17-6-4-16(19)5-7-17/h4-7,15,20H,3,8-14H2,1-2H3. The first kappa shape index (κ1) is 22.3. The summed E-state index contributed by atoms with van der Waals surface area (Å²) in [6.07, 6.45) is 0.618. The zero-order valence-electron chi connectivity index (χ0n) is 15.9. The van der Waals surface area contributed by atoms with Crippen molar-refractivity contribution < 1.29 is 17.9 Å². The van der Waals surface area contributed by atoms with Crippen LogP contribution < -0.4 is 5.32 Å². The summed E-state index contributed by atoms with van der Waals surface area (Å²) in [7, 11) is -3.76. The number of sulfonamides is 1. The van der Waals surface area contributed by atoms with Gasteiger partial charge in [0.25, 0.3) is 0 Å². The summed E-state index contributed by atoms with van der Waals surface area (Å²) in [4.78, 5) is 14.5. The van der Waals surface area contributed by atoms with Gasteiger partial charge in [0.15, 0.2) is 0 Å². The zero-order valence-corrected chi connectivity index (χ0v) is 18.3. The summed E-state index contributed by atoms with van der Waals surface area (Å²) in [6, 6.07) is 6.47. The average molecular weight is 462 g/mol. The van der Waals surface area contributed by atoms with E-state index in [-0.39, 0.29) is 30.0 Å². The molecule has 1 amide bonds. The molecule has 1 aromatic carbocycles. The number of carbonyl (C=O) groups is 1. The number of hydrogen-bond acceptors (Lipinski definition) is 5. The number of amides is 1. The van der Waals surface area contributed by atoms with Crippen molar-refractivity contribution in [2.45, 2.75) is 31.3 Å². The van der Waals surface area contributed by atoms with Crippen molar-refractivity contribution in [3.8, 4) is 0 Å². The Hall–Kier alpha value is -1.00. The molecule has 1 fully saturated rings. The molecule has 7 nitrogen and oxygen atoms in total. The SMILES string of the molecule is CC(C)OCCCN(CC(=O)N1CCNCC1)S(=O)(=O)c1ccc(Br)cc1. The second kappa shape index (κ2) is 10.5. The van der Waals surface area contributed by atoms with E-state index in [4.69, 9.17) is 4.74 Å². The van der Waals surface area contributed by atoms with Gasteiger partial charge in [-0.15, -0.1) is 0 Å². The second-order valence-electron chi connectivity index (χ2n) is 6.70. The minimum atomic E-state index is -3.76. The van der Waals surface area contributed by atoms with Gasteiger partial charge in [-0.25, -0.2) is 8.42 Å². The molecule has 27 heavy (non-hydrogen) atoms. The maximum atomic E-state index is 13.1. The highest BCUT2D eigenvalue weighted by molar-refractivity contribution is 9.10. The number of ether oxygens (including phenoxy) is 1. The number of benzene rings is 1. The van der Waals surface area contributed by atoms with Crippen LogP contribution >= 0.6 is 15.9 Å². The molecule has 0 unspecified atom stereocenters. The monoisotopic (exact) mass is 461 g/mol. The van der Waals surface area contributed by atoms with Crippen LogP contribution in [-0.4, -0.2) is 75.5 Å². The van der Waals surface area contributed by atoms with Crippen LogP contribution in [0.25, 0.3) is 0 Å². The highest BCUT2D eigenvalue weighted by Crippen LogP contribution is 2.19. The summed E-state index contributed by atoms with van der Waals surface area (Å²) in [5.41, 5.74) is 0. The molecule has 0 spiro atoms. The van der Waals surface area contributed by atoms with Gasteiger partial charge in [-0.1, -0.05) is 15.9 Å². The fraction of sp³-hybridized carbons (Fsp3) is 0.611. The van der Waals surface area contributed by atoms with Crippen molar-refractivity contribution in [1.82, 2.24) is 14.5 Å². The maximum absolute atomic E-state index is 13.1. The summed E-state index contributed by atoms with van der Waals surface area (Å²) >= 11 is 3.31. The lowest BCUT2D eigenvalue weighted by Gasteiger charge is -2.30. The molecular weight excluding hydrogens is 434 g/mol. The molecule has 1 aromatic rings. The molecule has 0 radical (unpaired) electrons. The van der Waals surface area contributed by atoms with E-state index in [1.165, 1.54) is 4.31 Å². The van der Waals surface area contributed by atoms with Crippen molar-refractivity contribution >= 4 is 31.9 Å². The number of piperazine rings is 1. The fourth-order valence-electron chi connectivity index (χ4n) is 2.76. The molecule has 9 heteroatoms. The molecule has 0 aromatic heterocycles. The molecule has 152 valence electrons. The minimum absolute atomic E-state index is 0.0870. The first-order chi connectivity index (χ1) is 12.8. The Kier molecular flexibility index (Phi) is 8.68. The van der Waals surface area contributed by atoms with E-state index in [2.05, 4.69) is 21.2 Å². The Morgan fingerprint density at radius 1 is 1.26 bits per heavy atom. The van der Waals surface area contributed by atoms with Crippen LogP contribution in [0, 0.1) is 0 Å². The number of nitrogens with one attached hydrogen (secondary N) is 1. The number of halogens is 1. The predicted octanol–water partition coefficient (Wildman–Crippen LogP) is 1.69. The largest absolute Gasteiger partial charge is 0.379 e. The van der Waals surface area contributed by atoms with E-state index >= 15 is 0 Å². The first-order valence-electron chi connectivity index (χ1n) is 9.16. The third-order valence-corrected chi connectivity index (χ3v) is 6.62. The van der Waals surface area contributed by atoms with Gasteiger partial charge in [0.05, 0.1) is 17.5 Å². The molecule has 0 saturated carbocycles. The van der Waals surface area contributed by atoms with Crippen LogP contribution in [0.15, 0.2) is 33.6 Å². The van der Waals surface area contributed by atoms with Crippen LogP contribution in [0.4, 0.5) is 0 Å². The van der Waals surface area contributed by atoms with Crippen molar-refractivity contribution in [3.63, 3.8) is 0 Å².